The Kier molecular flexibility index (Phi) is 4.84. The van der Waals surface area contributed by atoms with Crippen LogP contribution in [0.1, 0.15) is 54.4 Å². The molecule has 1 heteroatoms. The molecule has 2 fully saturated rings. The molecule has 0 aromatic heterocycles. The van der Waals surface area contributed by atoms with Crippen LogP contribution in [0.3, 0.4) is 0 Å². The maximum absolute atomic E-state index is 3.53. The first-order valence-electron chi connectivity index (χ1n) is 5.47. The average Bonchev–Trinajstić information content (AvgIpc) is 2.59. The van der Waals surface area contributed by atoms with Crippen molar-refractivity contribution in [2.75, 3.05) is 0 Å². The number of hydrogen-bond donors (Lipinski definition) is 1. The summed E-state index contributed by atoms with van der Waals surface area (Å²) in [5.41, 5.74) is 0.722. The predicted octanol–water partition coefficient (Wildman–Crippen LogP) is 3.20. The van der Waals surface area contributed by atoms with Crippen LogP contribution < -0.4 is 5.32 Å². The predicted molar refractivity (Wildman–Crippen MR) is 56.4 cm³/mol. The maximum Gasteiger partial charge on any atom is 0.0130 e. The van der Waals surface area contributed by atoms with E-state index >= 15 is 0 Å². The van der Waals surface area contributed by atoms with Crippen LogP contribution in [0.2, 0.25) is 0 Å². The van der Waals surface area contributed by atoms with E-state index in [1.54, 1.807) is 0 Å². The van der Waals surface area contributed by atoms with Crippen molar-refractivity contribution < 1.29 is 0 Å². The molecule has 0 amide bonds. The van der Waals surface area contributed by atoms with E-state index in [4.69, 9.17) is 0 Å². The molecule has 3 unspecified atom stereocenters. The standard InChI is InChI=1S/C7H13N.2C2H6/c1-5-3-7(2)4-6(7)8-5;2*1-2/h5-6,8H,3-4H2,1-2H3;2*1-2H3. The van der Waals surface area contributed by atoms with Crippen molar-refractivity contribution in [2.45, 2.75) is 66.5 Å². The van der Waals surface area contributed by atoms with Crippen molar-refractivity contribution in [2.24, 2.45) is 5.41 Å². The SMILES string of the molecule is CC.CC.CC1CC2(C)CC2N1. The van der Waals surface area contributed by atoms with E-state index < -0.39 is 0 Å². The monoisotopic (exact) mass is 171 g/mol. The molecule has 2 aliphatic rings. The molecule has 1 saturated heterocycles. The highest BCUT2D eigenvalue weighted by Gasteiger charge is 2.55. The lowest BCUT2D eigenvalue weighted by Crippen LogP contribution is -2.21. The second-order valence-corrected chi connectivity index (χ2v) is 3.68. The van der Waals surface area contributed by atoms with Gasteiger partial charge in [0.15, 0.2) is 0 Å². The van der Waals surface area contributed by atoms with Gasteiger partial charge in [0, 0.05) is 12.1 Å². The lowest BCUT2D eigenvalue weighted by Gasteiger charge is -2.05. The van der Waals surface area contributed by atoms with E-state index in [-0.39, 0.29) is 0 Å². The number of rotatable bonds is 0. The third-order valence-corrected chi connectivity index (χ3v) is 2.61. The number of piperidine rings is 1. The molecular weight excluding hydrogens is 146 g/mol. The molecule has 1 N–H and O–H groups in total. The van der Waals surface area contributed by atoms with E-state index in [0.29, 0.717) is 0 Å². The van der Waals surface area contributed by atoms with Crippen molar-refractivity contribution in [1.82, 2.24) is 5.32 Å². The third-order valence-electron chi connectivity index (χ3n) is 2.61. The summed E-state index contributed by atoms with van der Waals surface area (Å²) in [6, 6.07) is 1.68. The quantitative estimate of drug-likeness (QED) is 0.590. The fourth-order valence-corrected chi connectivity index (χ4v) is 1.99. The van der Waals surface area contributed by atoms with Gasteiger partial charge >= 0.3 is 0 Å². The molecular formula is C11H25N. The molecule has 0 aromatic rings. The van der Waals surface area contributed by atoms with Crippen LogP contribution in [0.25, 0.3) is 0 Å². The minimum atomic E-state index is 0.722. The Bertz CT molecular complexity index is 122. The molecule has 1 saturated carbocycles. The fraction of sp³-hybridized carbons (Fsp3) is 1.00. The highest BCUT2D eigenvalue weighted by atomic mass is 15.1. The fourth-order valence-electron chi connectivity index (χ4n) is 1.99. The summed E-state index contributed by atoms with van der Waals surface area (Å²) >= 11 is 0. The Labute approximate surface area is 77.9 Å². The molecule has 1 heterocycles. The molecule has 0 spiro atoms. The van der Waals surface area contributed by atoms with Crippen LogP contribution in [0, 0.1) is 5.41 Å². The second kappa shape index (κ2) is 4.86. The molecule has 2 rings (SSSR count). The van der Waals surface area contributed by atoms with Gasteiger partial charge in [0.1, 0.15) is 0 Å². The van der Waals surface area contributed by atoms with Gasteiger partial charge in [0.2, 0.25) is 0 Å². The molecule has 74 valence electrons. The highest BCUT2D eigenvalue weighted by molar-refractivity contribution is 5.11. The van der Waals surface area contributed by atoms with Crippen molar-refractivity contribution in [3.05, 3.63) is 0 Å². The Hall–Kier alpha value is -0.0400. The summed E-state index contributed by atoms with van der Waals surface area (Å²) in [5.74, 6) is 0. The Morgan fingerprint density at radius 3 is 1.75 bits per heavy atom. The zero-order chi connectivity index (χ0) is 9.78. The second-order valence-electron chi connectivity index (χ2n) is 3.68. The van der Waals surface area contributed by atoms with Gasteiger partial charge in [0.05, 0.1) is 0 Å². The van der Waals surface area contributed by atoms with Crippen LogP contribution in [-0.4, -0.2) is 12.1 Å². The van der Waals surface area contributed by atoms with Gasteiger partial charge in [-0.25, -0.2) is 0 Å². The van der Waals surface area contributed by atoms with E-state index in [1.807, 2.05) is 27.7 Å². The molecule has 3 atom stereocenters. The van der Waals surface area contributed by atoms with Crippen LogP contribution in [0.15, 0.2) is 0 Å². The Balaban J connectivity index is 0.000000269. The highest BCUT2D eigenvalue weighted by Crippen LogP contribution is 2.53. The van der Waals surface area contributed by atoms with Crippen LogP contribution in [-0.2, 0) is 0 Å². The maximum atomic E-state index is 3.53. The summed E-state index contributed by atoms with van der Waals surface area (Å²) in [6.07, 6.45) is 2.83. The van der Waals surface area contributed by atoms with Gasteiger partial charge in [0.25, 0.3) is 0 Å². The summed E-state index contributed by atoms with van der Waals surface area (Å²) in [5, 5.41) is 3.53. The van der Waals surface area contributed by atoms with Gasteiger partial charge in [-0.05, 0) is 25.2 Å². The summed E-state index contributed by atoms with van der Waals surface area (Å²) in [6.45, 7) is 12.7. The van der Waals surface area contributed by atoms with E-state index in [9.17, 15) is 0 Å². The molecule has 12 heavy (non-hydrogen) atoms. The van der Waals surface area contributed by atoms with Gasteiger partial charge in [-0.3, -0.25) is 0 Å². The van der Waals surface area contributed by atoms with Crippen molar-refractivity contribution in [3.8, 4) is 0 Å². The van der Waals surface area contributed by atoms with Crippen LogP contribution in [0.5, 0.6) is 0 Å². The smallest absolute Gasteiger partial charge is 0.0130 e. The largest absolute Gasteiger partial charge is 0.311 e. The first-order chi connectivity index (χ1) is 5.71. The zero-order valence-corrected chi connectivity index (χ0v) is 9.57. The number of nitrogens with one attached hydrogen (secondary N) is 1. The van der Waals surface area contributed by atoms with Gasteiger partial charge in [-0.1, -0.05) is 34.6 Å². The number of fused-ring (bicyclic) bond motifs is 1. The van der Waals surface area contributed by atoms with E-state index in [2.05, 4.69) is 19.2 Å². The van der Waals surface area contributed by atoms with E-state index in [0.717, 1.165) is 17.5 Å². The topological polar surface area (TPSA) is 12.0 Å². The van der Waals surface area contributed by atoms with Crippen LogP contribution in [0.4, 0.5) is 0 Å². The molecule has 0 bridgehead atoms. The molecule has 1 aliphatic carbocycles. The lowest BCUT2D eigenvalue weighted by molar-refractivity contribution is 0.514. The summed E-state index contributed by atoms with van der Waals surface area (Å²) < 4.78 is 0. The van der Waals surface area contributed by atoms with Crippen molar-refractivity contribution in [1.29, 1.82) is 0 Å². The first-order valence-corrected chi connectivity index (χ1v) is 5.47. The van der Waals surface area contributed by atoms with Crippen LogP contribution >= 0.6 is 0 Å². The summed E-state index contributed by atoms with van der Waals surface area (Å²) in [7, 11) is 0. The van der Waals surface area contributed by atoms with E-state index in [1.165, 1.54) is 12.8 Å². The zero-order valence-electron chi connectivity index (χ0n) is 9.57. The van der Waals surface area contributed by atoms with Gasteiger partial charge < -0.3 is 5.32 Å². The Morgan fingerprint density at radius 2 is 1.58 bits per heavy atom. The normalized spacial score (nSPS) is 41.5. The molecule has 0 aromatic carbocycles. The van der Waals surface area contributed by atoms with Gasteiger partial charge in [-0.2, -0.15) is 0 Å². The molecule has 1 aliphatic heterocycles. The molecule has 0 radical (unpaired) electrons. The third kappa shape index (κ3) is 2.48. The Morgan fingerprint density at radius 1 is 1.08 bits per heavy atom. The van der Waals surface area contributed by atoms with Crippen molar-refractivity contribution >= 4 is 0 Å². The average molecular weight is 171 g/mol. The number of hydrogen-bond acceptors (Lipinski definition) is 1. The molecule has 1 nitrogen and oxygen atoms in total. The minimum absolute atomic E-state index is 0.722. The minimum Gasteiger partial charge on any atom is -0.311 e. The lowest BCUT2D eigenvalue weighted by atomic mass is 10.0. The summed E-state index contributed by atoms with van der Waals surface area (Å²) in [4.78, 5) is 0. The van der Waals surface area contributed by atoms with Crippen molar-refractivity contribution in [3.63, 3.8) is 0 Å². The first kappa shape index (κ1) is 12.0. The van der Waals surface area contributed by atoms with Gasteiger partial charge in [-0.15, -0.1) is 0 Å².